The normalized spacial score (nSPS) is 22.5. The van der Waals surface area contributed by atoms with Crippen LogP contribution in [-0.2, 0) is 14.3 Å². The number of methoxy groups -OCH3 is 1. The summed E-state index contributed by atoms with van der Waals surface area (Å²) in [7, 11) is 1.32. The highest BCUT2D eigenvalue weighted by Gasteiger charge is 2.42. The molecule has 2 atom stereocenters. The van der Waals surface area contributed by atoms with Gasteiger partial charge in [0.15, 0.2) is 0 Å². The standard InChI is InChI=1S/C20H29NO5/c1-5-25-17-10-9-15(12-16(17)18(22)24-4)21-19(23)20(26-6-2)11-7-8-14(3)13-20/h9-10,12,14H,5-8,11,13H2,1-4H3,(H,21,23). The van der Waals surface area contributed by atoms with E-state index in [0.717, 1.165) is 12.8 Å². The number of amides is 1. The number of rotatable bonds is 7. The molecule has 2 unspecified atom stereocenters. The number of hydrogen-bond acceptors (Lipinski definition) is 5. The molecule has 6 heteroatoms. The third-order valence-electron chi connectivity index (χ3n) is 4.73. The number of hydrogen-bond donors (Lipinski definition) is 1. The molecular formula is C20H29NO5. The predicted molar refractivity (Wildman–Crippen MR) is 99.6 cm³/mol. The summed E-state index contributed by atoms with van der Waals surface area (Å²) in [6.45, 7) is 6.80. The van der Waals surface area contributed by atoms with E-state index in [2.05, 4.69) is 12.2 Å². The van der Waals surface area contributed by atoms with E-state index in [-0.39, 0.29) is 11.5 Å². The molecular weight excluding hydrogens is 334 g/mol. The molecule has 1 amide bonds. The summed E-state index contributed by atoms with van der Waals surface area (Å²) >= 11 is 0. The molecule has 26 heavy (non-hydrogen) atoms. The van der Waals surface area contributed by atoms with Gasteiger partial charge in [0, 0.05) is 12.3 Å². The van der Waals surface area contributed by atoms with Crippen LogP contribution < -0.4 is 10.1 Å². The Labute approximate surface area is 155 Å². The summed E-state index contributed by atoms with van der Waals surface area (Å²) in [6.07, 6.45) is 3.48. The van der Waals surface area contributed by atoms with Crippen LogP contribution in [0.3, 0.4) is 0 Å². The first-order chi connectivity index (χ1) is 12.5. The molecule has 144 valence electrons. The van der Waals surface area contributed by atoms with Crippen molar-refractivity contribution >= 4 is 17.6 Å². The van der Waals surface area contributed by atoms with Gasteiger partial charge in [-0.05, 0) is 57.2 Å². The second kappa shape index (κ2) is 9.03. The van der Waals surface area contributed by atoms with Gasteiger partial charge in [-0.1, -0.05) is 13.3 Å². The first-order valence-electron chi connectivity index (χ1n) is 9.26. The van der Waals surface area contributed by atoms with E-state index in [9.17, 15) is 9.59 Å². The predicted octanol–water partition coefficient (Wildman–Crippen LogP) is 3.80. The molecule has 0 bridgehead atoms. The average molecular weight is 363 g/mol. The Morgan fingerprint density at radius 2 is 2.04 bits per heavy atom. The number of ether oxygens (including phenoxy) is 3. The van der Waals surface area contributed by atoms with E-state index in [1.165, 1.54) is 7.11 Å². The molecule has 0 saturated heterocycles. The van der Waals surface area contributed by atoms with E-state index >= 15 is 0 Å². The van der Waals surface area contributed by atoms with Gasteiger partial charge in [-0.2, -0.15) is 0 Å². The molecule has 0 aromatic heterocycles. The fraction of sp³-hybridized carbons (Fsp3) is 0.600. The Kier molecular flexibility index (Phi) is 7.03. The summed E-state index contributed by atoms with van der Waals surface area (Å²) in [5, 5.41) is 2.92. The second-order valence-corrected chi connectivity index (χ2v) is 6.72. The largest absolute Gasteiger partial charge is 0.493 e. The molecule has 6 nitrogen and oxygen atoms in total. The molecule has 1 saturated carbocycles. The highest BCUT2D eigenvalue weighted by Crippen LogP contribution is 2.36. The summed E-state index contributed by atoms with van der Waals surface area (Å²) in [6, 6.07) is 4.98. The van der Waals surface area contributed by atoms with Crippen molar-refractivity contribution in [3.05, 3.63) is 23.8 Å². The Bertz CT molecular complexity index is 641. The van der Waals surface area contributed by atoms with Gasteiger partial charge < -0.3 is 19.5 Å². The molecule has 0 aliphatic heterocycles. The van der Waals surface area contributed by atoms with Crippen molar-refractivity contribution in [1.82, 2.24) is 0 Å². The van der Waals surface area contributed by atoms with Gasteiger partial charge in [0.1, 0.15) is 16.9 Å². The minimum Gasteiger partial charge on any atom is -0.493 e. The Morgan fingerprint density at radius 1 is 1.27 bits per heavy atom. The maximum atomic E-state index is 13.0. The number of carbonyl (C=O) groups is 2. The van der Waals surface area contributed by atoms with Crippen molar-refractivity contribution in [2.45, 2.75) is 52.1 Å². The number of benzene rings is 1. The van der Waals surface area contributed by atoms with Gasteiger partial charge in [0.25, 0.3) is 5.91 Å². The van der Waals surface area contributed by atoms with E-state index < -0.39 is 11.6 Å². The lowest BCUT2D eigenvalue weighted by atomic mass is 9.78. The molecule has 0 radical (unpaired) electrons. The van der Waals surface area contributed by atoms with E-state index in [1.807, 2.05) is 13.8 Å². The molecule has 1 fully saturated rings. The minimum absolute atomic E-state index is 0.161. The van der Waals surface area contributed by atoms with Crippen molar-refractivity contribution in [3.8, 4) is 5.75 Å². The smallest absolute Gasteiger partial charge is 0.341 e. The molecule has 0 spiro atoms. The average Bonchev–Trinajstić information content (AvgIpc) is 2.62. The topological polar surface area (TPSA) is 73.9 Å². The van der Waals surface area contributed by atoms with Crippen LogP contribution in [0.4, 0.5) is 5.69 Å². The van der Waals surface area contributed by atoms with Crippen LogP contribution in [0.1, 0.15) is 56.8 Å². The monoisotopic (exact) mass is 363 g/mol. The molecule has 2 rings (SSSR count). The van der Waals surface area contributed by atoms with Gasteiger partial charge in [-0.25, -0.2) is 4.79 Å². The maximum absolute atomic E-state index is 13.0. The van der Waals surface area contributed by atoms with Crippen LogP contribution in [0, 0.1) is 5.92 Å². The zero-order valence-corrected chi connectivity index (χ0v) is 16.1. The van der Waals surface area contributed by atoms with Crippen LogP contribution in [0.25, 0.3) is 0 Å². The highest BCUT2D eigenvalue weighted by molar-refractivity contribution is 5.99. The first kappa shape index (κ1) is 20.2. The number of carbonyl (C=O) groups excluding carboxylic acids is 2. The summed E-state index contributed by atoms with van der Waals surface area (Å²) < 4.78 is 16.2. The van der Waals surface area contributed by atoms with Gasteiger partial charge in [0.05, 0.1) is 13.7 Å². The molecule has 1 aliphatic carbocycles. The Hall–Kier alpha value is -2.08. The third kappa shape index (κ3) is 4.55. The molecule has 1 aromatic carbocycles. The van der Waals surface area contributed by atoms with E-state index in [4.69, 9.17) is 14.2 Å². The Morgan fingerprint density at radius 3 is 2.65 bits per heavy atom. The highest BCUT2D eigenvalue weighted by atomic mass is 16.5. The Balaban J connectivity index is 2.25. The van der Waals surface area contributed by atoms with Crippen molar-refractivity contribution < 1.29 is 23.8 Å². The van der Waals surface area contributed by atoms with E-state index in [0.29, 0.717) is 43.4 Å². The quantitative estimate of drug-likeness (QED) is 0.746. The van der Waals surface area contributed by atoms with Gasteiger partial charge in [-0.3, -0.25) is 4.79 Å². The van der Waals surface area contributed by atoms with Crippen LogP contribution in [0.15, 0.2) is 18.2 Å². The molecule has 1 aromatic rings. The first-order valence-corrected chi connectivity index (χ1v) is 9.26. The fourth-order valence-electron chi connectivity index (χ4n) is 3.59. The zero-order valence-electron chi connectivity index (χ0n) is 16.1. The SMILES string of the molecule is CCOc1ccc(NC(=O)C2(OCC)CCCC(C)C2)cc1C(=O)OC. The molecule has 0 heterocycles. The lowest BCUT2D eigenvalue weighted by Gasteiger charge is -2.38. The van der Waals surface area contributed by atoms with Crippen molar-refractivity contribution in [3.63, 3.8) is 0 Å². The summed E-state index contributed by atoms with van der Waals surface area (Å²) in [5.41, 5.74) is 0.00182. The number of esters is 1. The van der Waals surface area contributed by atoms with Gasteiger partial charge in [0.2, 0.25) is 0 Å². The van der Waals surface area contributed by atoms with E-state index in [1.54, 1.807) is 18.2 Å². The van der Waals surface area contributed by atoms with Crippen molar-refractivity contribution in [1.29, 1.82) is 0 Å². The van der Waals surface area contributed by atoms with Gasteiger partial charge in [-0.15, -0.1) is 0 Å². The minimum atomic E-state index is -0.809. The summed E-state index contributed by atoms with van der Waals surface area (Å²) in [4.78, 5) is 25.0. The maximum Gasteiger partial charge on any atom is 0.341 e. The van der Waals surface area contributed by atoms with Gasteiger partial charge >= 0.3 is 5.97 Å². The number of nitrogens with one attached hydrogen (secondary N) is 1. The summed E-state index contributed by atoms with van der Waals surface area (Å²) in [5.74, 6) is 0.205. The second-order valence-electron chi connectivity index (χ2n) is 6.72. The molecule has 1 N–H and O–H groups in total. The van der Waals surface area contributed by atoms with Crippen LogP contribution in [0.5, 0.6) is 5.75 Å². The fourth-order valence-corrected chi connectivity index (χ4v) is 3.59. The van der Waals surface area contributed by atoms with Crippen molar-refractivity contribution in [2.24, 2.45) is 5.92 Å². The molecule has 1 aliphatic rings. The lowest BCUT2D eigenvalue weighted by molar-refractivity contribution is -0.147. The zero-order chi connectivity index (χ0) is 19.2. The van der Waals surface area contributed by atoms with Crippen LogP contribution in [0.2, 0.25) is 0 Å². The third-order valence-corrected chi connectivity index (χ3v) is 4.73. The lowest BCUT2D eigenvalue weighted by Crippen LogP contribution is -2.48. The van der Waals surface area contributed by atoms with Crippen LogP contribution in [-0.4, -0.2) is 37.8 Å². The number of anilines is 1. The van der Waals surface area contributed by atoms with Crippen molar-refractivity contribution in [2.75, 3.05) is 25.6 Å². The van der Waals surface area contributed by atoms with Crippen LogP contribution >= 0.6 is 0 Å².